The van der Waals surface area contributed by atoms with Gasteiger partial charge in [0.2, 0.25) is 0 Å². The predicted molar refractivity (Wildman–Crippen MR) is 87.2 cm³/mol. The molecule has 0 amide bonds. The molecule has 1 heterocycles. The molecule has 1 nitrogen and oxygen atoms in total. The summed E-state index contributed by atoms with van der Waals surface area (Å²) in [4.78, 5) is 1.37. The molecular formula is C18H17NS. The highest BCUT2D eigenvalue weighted by Crippen LogP contribution is 2.29. The van der Waals surface area contributed by atoms with Crippen LogP contribution in [0.5, 0.6) is 0 Å². The summed E-state index contributed by atoms with van der Waals surface area (Å²) < 4.78 is 0. The summed E-state index contributed by atoms with van der Waals surface area (Å²) in [6, 6.07) is 21.1. The lowest BCUT2D eigenvalue weighted by Crippen LogP contribution is -1.96. The molecule has 0 saturated heterocycles. The van der Waals surface area contributed by atoms with Crippen LogP contribution in [0.25, 0.3) is 0 Å². The largest absolute Gasteiger partial charge is 0.398 e. The maximum Gasteiger partial charge on any atom is 0.0461 e. The number of hydrogen-bond donors (Lipinski definition) is 1. The molecule has 0 fully saturated rings. The zero-order chi connectivity index (χ0) is 13.8. The Morgan fingerprint density at radius 1 is 0.750 bits per heavy atom. The molecule has 0 aliphatic heterocycles. The Balaban J connectivity index is 1.86. The van der Waals surface area contributed by atoms with E-state index in [4.69, 9.17) is 5.73 Å². The minimum atomic E-state index is 0.915. The molecule has 20 heavy (non-hydrogen) atoms. The van der Waals surface area contributed by atoms with Crippen LogP contribution in [0, 0.1) is 0 Å². The first-order valence-electron chi connectivity index (χ1n) is 6.75. The molecule has 0 unspecified atom stereocenters. The van der Waals surface area contributed by atoms with E-state index >= 15 is 0 Å². The van der Waals surface area contributed by atoms with E-state index in [1.807, 2.05) is 6.07 Å². The summed E-state index contributed by atoms with van der Waals surface area (Å²) in [5, 5.41) is 2.07. The van der Waals surface area contributed by atoms with Crippen LogP contribution in [-0.2, 0) is 12.8 Å². The standard InChI is InChI=1S/C18H17NS/c19-17-13-20-18(12-15-9-5-2-6-10-15)16(17)11-14-7-3-1-4-8-14/h1-10,13H,11-12,19H2. The smallest absolute Gasteiger partial charge is 0.0461 e. The van der Waals surface area contributed by atoms with E-state index in [-0.39, 0.29) is 0 Å². The average molecular weight is 279 g/mol. The normalized spacial score (nSPS) is 10.6. The van der Waals surface area contributed by atoms with Crippen molar-refractivity contribution < 1.29 is 0 Å². The van der Waals surface area contributed by atoms with Gasteiger partial charge in [0.05, 0.1) is 0 Å². The second kappa shape index (κ2) is 5.93. The Hall–Kier alpha value is -2.06. The molecule has 0 aliphatic rings. The molecular weight excluding hydrogens is 262 g/mol. The minimum absolute atomic E-state index is 0.915. The molecule has 0 radical (unpaired) electrons. The van der Waals surface area contributed by atoms with Crippen LogP contribution in [0.15, 0.2) is 66.0 Å². The molecule has 2 aromatic carbocycles. The Morgan fingerprint density at radius 2 is 1.30 bits per heavy atom. The predicted octanol–water partition coefficient (Wildman–Crippen LogP) is 4.51. The van der Waals surface area contributed by atoms with Gasteiger partial charge in [-0.2, -0.15) is 0 Å². The van der Waals surface area contributed by atoms with Crippen LogP contribution in [-0.4, -0.2) is 0 Å². The van der Waals surface area contributed by atoms with Crippen molar-refractivity contribution in [2.24, 2.45) is 0 Å². The number of hydrogen-bond acceptors (Lipinski definition) is 2. The Bertz CT molecular complexity index is 671. The van der Waals surface area contributed by atoms with Gasteiger partial charge in [0.15, 0.2) is 0 Å². The van der Waals surface area contributed by atoms with Crippen LogP contribution in [0.4, 0.5) is 5.69 Å². The molecule has 2 heteroatoms. The first-order valence-corrected chi connectivity index (χ1v) is 7.63. The zero-order valence-electron chi connectivity index (χ0n) is 11.3. The van der Waals surface area contributed by atoms with E-state index in [1.54, 1.807) is 11.3 Å². The van der Waals surface area contributed by atoms with Crippen LogP contribution in [0.2, 0.25) is 0 Å². The first kappa shape index (κ1) is 12.9. The van der Waals surface area contributed by atoms with Crippen molar-refractivity contribution in [3.05, 3.63) is 87.6 Å². The molecule has 100 valence electrons. The SMILES string of the molecule is Nc1csc(Cc2ccccc2)c1Cc1ccccc1. The fraction of sp³-hybridized carbons (Fsp3) is 0.111. The van der Waals surface area contributed by atoms with Gasteiger partial charge in [-0.3, -0.25) is 0 Å². The summed E-state index contributed by atoms with van der Waals surface area (Å²) in [6.45, 7) is 0. The van der Waals surface area contributed by atoms with Gasteiger partial charge in [-0.25, -0.2) is 0 Å². The number of rotatable bonds is 4. The van der Waals surface area contributed by atoms with Gasteiger partial charge in [0, 0.05) is 28.8 Å². The van der Waals surface area contributed by atoms with E-state index < -0.39 is 0 Å². The third-order valence-electron chi connectivity index (χ3n) is 3.44. The number of benzene rings is 2. The number of anilines is 1. The lowest BCUT2D eigenvalue weighted by molar-refractivity contribution is 1.13. The molecule has 3 rings (SSSR count). The highest BCUT2D eigenvalue weighted by atomic mass is 32.1. The highest BCUT2D eigenvalue weighted by molar-refractivity contribution is 7.10. The third-order valence-corrected chi connectivity index (χ3v) is 4.49. The van der Waals surface area contributed by atoms with E-state index in [9.17, 15) is 0 Å². The van der Waals surface area contributed by atoms with Crippen molar-refractivity contribution >= 4 is 17.0 Å². The molecule has 3 aromatic rings. The number of nitrogen functional groups attached to an aromatic ring is 1. The second-order valence-electron chi connectivity index (χ2n) is 4.92. The summed E-state index contributed by atoms with van der Waals surface area (Å²) in [7, 11) is 0. The van der Waals surface area contributed by atoms with Crippen LogP contribution < -0.4 is 5.73 Å². The van der Waals surface area contributed by atoms with Crippen molar-refractivity contribution in [2.75, 3.05) is 5.73 Å². The van der Waals surface area contributed by atoms with Crippen molar-refractivity contribution in [1.29, 1.82) is 0 Å². The highest BCUT2D eigenvalue weighted by Gasteiger charge is 2.10. The van der Waals surface area contributed by atoms with E-state index in [2.05, 4.69) is 60.0 Å². The molecule has 0 aliphatic carbocycles. The molecule has 0 atom stereocenters. The molecule has 0 spiro atoms. The number of thiophene rings is 1. The maximum absolute atomic E-state index is 6.15. The molecule has 0 saturated carbocycles. The average Bonchev–Trinajstić information content (AvgIpc) is 2.83. The summed E-state index contributed by atoms with van der Waals surface area (Å²) in [6.07, 6.45) is 1.88. The van der Waals surface area contributed by atoms with Gasteiger partial charge in [-0.1, -0.05) is 60.7 Å². The van der Waals surface area contributed by atoms with Crippen molar-refractivity contribution in [1.82, 2.24) is 0 Å². The third kappa shape index (κ3) is 2.91. The molecule has 0 bridgehead atoms. The fourth-order valence-electron chi connectivity index (χ4n) is 2.37. The van der Waals surface area contributed by atoms with E-state index in [0.717, 1.165) is 18.5 Å². The quantitative estimate of drug-likeness (QED) is 0.747. The zero-order valence-corrected chi connectivity index (χ0v) is 12.1. The van der Waals surface area contributed by atoms with Crippen LogP contribution in [0.3, 0.4) is 0 Å². The van der Waals surface area contributed by atoms with Crippen molar-refractivity contribution in [2.45, 2.75) is 12.8 Å². The van der Waals surface area contributed by atoms with Crippen LogP contribution >= 0.6 is 11.3 Å². The number of nitrogens with two attached hydrogens (primary N) is 1. The summed E-state index contributed by atoms with van der Waals surface area (Å²) in [5.41, 5.74) is 11.0. The van der Waals surface area contributed by atoms with Crippen LogP contribution in [0.1, 0.15) is 21.6 Å². The fourth-order valence-corrected chi connectivity index (χ4v) is 3.36. The van der Waals surface area contributed by atoms with Gasteiger partial charge >= 0.3 is 0 Å². The maximum atomic E-state index is 6.15. The second-order valence-corrected chi connectivity index (χ2v) is 5.88. The Kier molecular flexibility index (Phi) is 3.84. The summed E-state index contributed by atoms with van der Waals surface area (Å²) >= 11 is 1.77. The molecule has 2 N–H and O–H groups in total. The lowest BCUT2D eigenvalue weighted by atomic mass is 10.0. The first-order chi connectivity index (χ1) is 9.83. The Morgan fingerprint density at radius 3 is 1.90 bits per heavy atom. The monoisotopic (exact) mass is 279 g/mol. The van der Waals surface area contributed by atoms with E-state index in [0.29, 0.717) is 0 Å². The summed E-state index contributed by atoms with van der Waals surface area (Å²) in [5.74, 6) is 0. The van der Waals surface area contributed by atoms with Gasteiger partial charge in [-0.15, -0.1) is 11.3 Å². The van der Waals surface area contributed by atoms with Gasteiger partial charge < -0.3 is 5.73 Å². The lowest BCUT2D eigenvalue weighted by Gasteiger charge is -2.06. The van der Waals surface area contributed by atoms with Gasteiger partial charge in [0.1, 0.15) is 0 Å². The van der Waals surface area contributed by atoms with Crippen molar-refractivity contribution in [3.8, 4) is 0 Å². The van der Waals surface area contributed by atoms with Gasteiger partial charge in [-0.05, 0) is 16.7 Å². The van der Waals surface area contributed by atoms with Crippen molar-refractivity contribution in [3.63, 3.8) is 0 Å². The topological polar surface area (TPSA) is 26.0 Å². The van der Waals surface area contributed by atoms with E-state index in [1.165, 1.54) is 21.6 Å². The molecule has 1 aromatic heterocycles. The minimum Gasteiger partial charge on any atom is -0.398 e. The Labute approximate surface area is 123 Å². The van der Waals surface area contributed by atoms with Gasteiger partial charge in [0.25, 0.3) is 0 Å².